The number of nitrogen functional groups attached to an aromatic ring is 1. The highest BCUT2D eigenvalue weighted by Gasteiger charge is 2.33. The van der Waals surface area contributed by atoms with E-state index in [4.69, 9.17) is 15.2 Å². The lowest BCUT2D eigenvalue weighted by molar-refractivity contribution is -0.0605. The Balaban J connectivity index is 1.18. The van der Waals surface area contributed by atoms with E-state index in [0.717, 1.165) is 47.5 Å². The van der Waals surface area contributed by atoms with Gasteiger partial charge in [-0.2, -0.15) is 0 Å². The molecule has 2 unspecified atom stereocenters. The van der Waals surface area contributed by atoms with Gasteiger partial charge in [0.05, 0.1) is 23.9 Å². The first-order chi connectivity index (χ1) is 16.4. The molecule has 0 saturated carbocycles. The quantitative estimate of drug-likeness (QED) is 0.590. The van der Waals surface area contributed by atoms with Crippen LogP contribution in [0.2, 0.25) is 0 Å². The number of amides is 1. The van der Waals surface area contributed by atoms with Gasteiger partial charge in [-0.3, -0.25) is 4.79 Å². The third-order valence-corrected chi connectivity index (χ3v) is 8.07. The maximum absolute atomic E-state index is 15.2. The van der Waals surface area contributed by atoms with Crippen molar-refractivity contribution >= 4 is 38.8 Å². The molecule has 0 radical (unpaired) electrons. The zero-order valence-corrected chi connectivity index (χ0v) is 19.8. The van der Waals surface area contributed by atoms with E-state index in [0.29, 0.717) is 28.3 Å². The summed E-state index contributed by atoms with van der Waals surface area (Å²) in [5, 5.41) is 3.74. The van der Waals surface area contributed by atoms with Gasteiger partial charge in [-0.25, -0.2) is 9.37 Å². The van der Waals surface area contributed by atoms with E-state index in [1.165, 1.54) is 17.8 Å². The van der Waals surface area contributed by atoms with E-state index >= 15 is 4.39 Å². The van der Waals surface area contributed by atoms with Crippen LogP contribution >= 0.6 is 11.3 Å². The number of benzene rings is 1. The van der Waals surface area contributed by atoms with E-state index in [1.807, 2.05) is 25.1 Å². The number of anilines is 2. The maximum atomic E-state index is 15.2. The van der Waals surface area contributed by atoms with Crippen LogP contribution in [0.1, 0.15) is 40.2 Å². The van der Waals surface area contributed by atoms with Crippen molar-refractivity contribution in [3.63, 3.8) is 0 Å². The predicted octanol–water partition coefficient (Wildman–Crippen LogP) is 3.82. The minimum Gasteiger partial charge on any atom is -0.491 e. The Morgan fingerprint density at radius 3 is 2.85 bits per heavy atom. The van der Waals surface area contributed by atoms with Crippen molar-refractivity contribution in [1.82, 2.24) is 10.3 Å². The SMILES string of the molecule is Cc1ccc2c(N)c(C(=O)N[C@H]3COc4cc(N5CC6CCCC(C5)O6)cc(F)c4C3)sc2n1. The van der Waals surface area contributed by atoms with Crippen molar-refractivity contribution < 1.29 is 18.7 Å². The van der Waals surface area contributed by atoms with Crippen molar-refractivity contribution in [2.45, 2.75) is 50.9 Å². The second-order valence-electron chi connectivity index (χ2n) is 9.46. The summed E-state index contributed by atoms with van der Waals surface area (Å²) in [6, 6.07) is 6.93. The van der Waals surface area contributed by atoms with Crippen molar-refractivity contribution in [2.75, 3.05) is 30.3 Å². The number of ether oxygens (including phenoxy) is 2. The van der Waals surface area contributed by atoms with Gasteiger partial charge in [-0.05, 0) is 44.4 Å². The summed E-state index contributed by atoms with van der Waals surface area (Å²) in [6.07, 6.45) is 4.10. The number of carbonyl (C=O) groups is 1. The summed E-state index contributed by atoms with van der Waals surface area (Å²) in [4.78, 5) is 20.8. The van der Waals surface area contributed by atoms with E-state index < -0.39 is 0 Å². The summed E-state index contributed by atoms with van der Waals surface area (Å²) in [7, 11) is 0. The second kappa shape index (κ2) is 8.39. The molecule has 3 atom stereocenters. The molecule has 6 rings (SSSR count). The number of carbonyl (C=O) groups excluding carboxylic acids is 1. The summed E-state index contributed by atoms with van der Waals surface area (Å²) in [6.45, 7) is 3.73. The fourth-order valence-electron chi connectivity index (χ4n) is 5.23. The van der Waals surface area contributed by atoms with Gasteiger partial charge in [0.15, 0.2) is 0 Å². The first kappa shape index (κ1) is 21.6. The van der Waals surface area contributed by atoms with E-state index in [-0.39, 0.29) is 36.6 Å². The summed E-state index contributed by atoms with van der Waals surface area (Å²) < 4.78 is 27.1. The Morgan fingerprint density at radius 2 is 2.06 bits per heavy atom. The van der Waals surface area contributed by atoms with Crippen LogP contribution in [-0.4, -0.2) is 48.8 Å². The number of hydrogen-bond acceptors (Lipinski definition) is 7. The molecule has 178 valence electrons. The Bertz CT molecular complexity index is 1270. The van der Waals surface area contributed by atoms with Crippen LogP contribution in [0.4, 0.5) is 15.8 Å². The topological polar surface area (TPSA) is 89.7 Å². The van der Waals surface area contributed by atoms with Crippen LogP contribution in [0.25, 0.3) is 10.2 Å². The first-order valence-corrected chi connectivity index (χ1v) is 12.6. The number of halogens is 1. The molecule has 2 aromatic heterocycles. The number of pyridine rings is 1. The molecule has 3 N–H and O–H groups in total. The molecular weight excluding hydrogens is 455 g/mol. The molecule has 34 heavy (non-hydrogen) atoms. The largest absolute Gasteiger partial charge is 0.491 e. The van der Waals surface area contributed by atoms with Gasteiger partial charge < -0.3 is 25.4 Å². The van der Waals surface area contributed by atoms with Crippen molar-refractivity contribution in [3.8, 4) is 5.75 Å². The number of hydrogen-bond donors (Lipinski definition) is 2. The lowest BCUT2D eigenvalue weighted by atomic mass is 9.97. The molecule has 9 heteroatoms. The van der Waals surface area contributed by atoms with Gasteiger partial charge >= 0.3 is 0 Å². The smallest absolute Gasteiger partial charge is 0.263 e. The van der Waals surface area contributed by atoms with Crippen LogP contribution in [0.3, 0.4) is 0 Å². The van der Waals surface area contributed by atoms with E-state index in [9.17, 15) is 4.79 Å². The molecule has 2 bridgehead atoms. The fraction of sp³-hybridized carbons (Fsp3) is 0.440. The molecule has 3 aromatic rings. The Hall–Kier alpha value is -2.91. The van der Waals surface area contributed by atoms with Gasteiger partial charge in [-0.15, -0.1) is 11.3 Å². The lowest BCUT2D eigenvalue weighted by Crippen LogP contribution is -2.50. The minimum absolute atomic E-state index is 0.215. The molecule has 0 spiro atoms. The van der Waals surface area contributed by atoms with Crippen LogP contribution in [0.15, 0.2) is 24.3 Å². The number of nitrogens with two attached hydrogens (primary N) is 1. The summed E-state index contributed by atoms with van der Waals surface area (Å²) in [5.74, 6) is -0.0329. The zero-order chi connectivity index (χ0) is 23.4. The summed E-state index contributed by atoms with van der Waals surface area (Å²) >= 11 is 1.27. The summed E-state index contributed by atoms with van der Waals surface area (Å²) in [5.41, 5.74) is 8.84. The predicted molar refractivity (Wildman–Crippen MR) is 130 cm³/mol. The molecule has 1 amide bonds. The molecule has 1 aromatic carbocycles. The molecule has 2 fully saturated rings. The van der Waals surface area contributed by atoms with Gasteiger partial charge in [0.25, 0.3) is 5.91 Å². The molecule has 0 aliphatic carbocycles. The van der Waals surface area contributed by atoms with Gasteiger partial charge in [0.2, 0.25) is 0 Å². The first-order valence-electron chi connectivity index (χ1n) is 11.8. The molecule has 7 nitrogen and oxygen atoms in total. The van der Waals surface area contributed by atoms with Crippen LogP contribution in [0, 0.1) is 12.7 Å². The fourth-order valence-corrected chi connectivity index (χ4v) is 6.27. The highest BCUT2D eigenvalue weighted by atomic mass is 32.1. The van der Waals surface area contributed by atoms with E-state index in [2.05, 4.69) is 15.2 Å². The highest BCUT2D eigenvalue weighted by molar-refractivity contribution is 7.21. The number of aromatic nitrogens is 1. The van der Waals surface area contributed by atoms with Crippen molar-refractivity contribution in [1.29, 1.82) is 0 Å². The minimum atomic E-state index is -0.345. The third-order valence-electron chi connectivity index (χ3n) is 6.95. The number of morpholine rings is 1. The number of nitrogens with one attached hydrogen (secondary N) is 1. The van der Waals surface area contributed by atoms with Crippen LogP contribution < -0.4 is 20.7 Å². The van der Waals surface area contributed by atoms with Gasteiger partial charge in [-0.1, -0.05) is 0 Å². The molecule has 2 saturated heterocycles. The van der Waals surface area contributed by atoms with Gasteiger partial charge in [0.1, 0.15) is 27.9 Å². The van der Waals surface area contributed by atoms with Crippen molar-refractivity contribution in [2.24, 2.45) is 0 Å². The normalized spacial score (nSPS) is 23.9. The Kier molecular flexibility index (Phi) is 5.33. The number of aryl methyl sites for hydroxylation is 1. The lowest BCUT2D eigenvalue weighted by Gasteiger charge is -2.43. The Morgan fingerprint density at radius 1 is 1.26 bits per heavy atom. The third kappa shape index (κ3) is 3.86. The average Bonchev–Trinajstić information content (AvgIpc) is 3.14. The highest BCUT2D eigenvalue weighted by Crippen LogP contribution is 2.36. The zero-order valence-electron chi connectivity index (χ0n) is 19.0. The van der Waals surface area contributed by atoms with Crippen molar-refractivity contribution in [3.05, 3.63) is 46.2 Å². The molecule has 5 heterocycles. The van der Waals surface area contributed by atoms with E-state index in [1.54, 1.807) is 6.07 Å². The number of rotatable bonds is 3. The van der Waals surface area contributed by atoms with Gasteiger partial charge in [0, 0.05) is 47.9 Å². The number of thiophene rings is 1. The molecular formula is C25H27FN4O3S. The average molecular weight is 483 g/mol. The number of nitrogens with zero attached hydrogens (tertiary/aromatic N) is 2. The van der Waals surface area contributed by atoms with Crippen LogP contribution in [-0.2, 0) is 11.2 Å². The standard InChI is InChI=1S/C25H27FN4O3S/c1-13-5-6-18-22(27)23(34-25(18)28-13)24(31)29-14-7-19-20(26)8-15(9-21(19)32-12-14)30-10-16-3-2-4-17(11-30)33-16/h5-6,8-9,14,16-17H,2-4,7,10-12,27H2,1H3,(H,29,31)/t14-,16?,17?/m1/s1. The number of fused-ring (bicyclic) bond motifs is 4. The Labute approximate surface area is 201 Å². The van der Waals surface area contributed by atoms with Crippen LogP contribution in [0.5, 0.6) is 5.75 Å². The second-order valence-corrected chi connectivity index (χ2v) is 10.5. The maximum Gasteiger partial charge on any atom is 0.263 e. The monoisotopic (exact) mass is 482 g/mol. The molecule has 3 aliphatic rings. The molecule has 3 aliphatic heterocycles.